The van der Waals surface area contributed by atoms with Gasteiger partial charge in [0.05, 0.1) is 17.5 Å². The molecule has 0 saturated carbocycles. The molecule has 0 bridgehead atoms. The van der Waals surface area contributed by atoms with Gasteiger partial charge in [-0.05, 0) is 64.3 Å². The maximum Gasteiger partial charge on any atom is 2.00 e. The molecule has 0 unspecified atom stereocenters. The van der Waals surface area contributed by atoms with Gasteiger partial charge in [-0.3, -0.25) is 9.97 Å². The summed E-state index contributed by atoms with van der Waals surface area (Å²) in [5.74, 6) is 2.44. The second kappa shape index (κ2) is 14.4. The normalized spacial score (nSPS) is 11.6. The van der Waals surface area contributed by atoms with E-state index in [0.717, 1.165) is 27.9 Å². The van der Waals surface area contributed by atoms with Crippen LogP contribution in [0.15, 0.2) is 174 Å². The third-order valence-electron chi connectivity index (χ3n) is 7.08. The van der Waals surface area contributed by atoms with Gasteiger partial charge in [-0.15, -0.1) is 0 Å². The smallest absolute Gasteiger partial charge is 0.443 e. The second-order valence-corrected chi connectivity index (χ2v) is 10.1. The minimum atomic E-state index is 0. The molecule has 7 rings (SSSR count). The van der Waals surface area contributed by atoms with Gasteiger partial charge in [-0.2, -0.15) is 0 Å². The fourth-order valence-electron chi connectivity index (χ4n) is 4.97. The molecular formula is C38H27N7Pt. The van der Waals surface area contributed by atoms with Gasteiger partial charge >= 0.3 is 21.1 Å². The van der Waals surface area contributed by atoms with Gasteiger partial charge in [-0.1, -0.05) is 127 Å². The molecule has 4 aromatic heterocycles. The van der Waals surface area contributed by atoms with Crippen LogP contribution in [-0.2, 0) is 21.1 Å². The molecule has 8 heteroatoms. The molecule has 0 radical (unpaired) electrons. The monoisotopic (exact) mass is 776 g/mol. The molecule has 0 fully saturated rings. The van der Waals surface area contributed by atoms with Crippen molar-refractivity contribution in [3.05, 3.63) is 175 Å². The summed E-state index contributed by atoms with van der Waals surface area (Å²) < 4.78 is 0. The van der Waals surface area contributed by atoms with Crippen LogP contribution >= 0.6 is 0 Å². The zero-order valence-corrected chi connectivity index (χ0v) is 26.8. The quantitative estimate of drug-likeness (QED) is 0.166. The summed E-state index contributed by atoms with van der Waals surface area (Å²) in [7, 11) is 0. The van der Waals surface area contributed by atoms with Crippen molar-refractivity contribution in [2.24, 2.45) is 9.98 Å². The van der Waals surface area contributed by atoms with E-state index in [1.165, 1.54) is 0 Å². The minimum Gasteiger partial charge on any atom is -0.443 e. The van der Waals surface area contributed by atoms with E-state index in [9.17, 15) is 0 Å². The Bertz CT molecular complexity index is 2180. The summed E-state index contributed by atoms with van der Waals surface area (Å²) in [5, 5.41) is 0. The first kappa shape index (κ1) is 30.4. The van der Waals surface area contributed by atoms with Crippen LogP contribution in [0.2, 0.25) is 0 Å². The van der Waals surface area contributed by atoms with E-state index in [4.69, 9.17) is 20.0 Å². The van der Waals surface area contributed by atoms with Gasteiger partial charge in [0.15, 0.2) is 0 Å². The molecule has 224 valence electrons. The maximum atomic E-state index is 4.92. The van der Waals surface area contributed by atoms with Gasteiger partial charge in [0.25, 0.3) is 0 Å². The number of anilines is 3. The molecular weight excluding hydrogens is 750 g/mol. The van der Waals surface area contributed by atoms with E-state index in [2.05, 4.69) is 34.2 Å². The second-order valence-electron chi connectivity index (χ2n) is 10.1. The summed E-state index contributed by atoms with van der Waals surface area (Å²) in [6.45, 7) is 0. The van der Waals surface area contributed by atoms with E-state index in [1.54, 1.807) is 12.4 Å². The number of hydrogen-bond acceptors (Lipinski definition) is 5. The number of benzene rings is 3. The van der Waals surface area contributed by atoms with Crippen LogP contribution in [0.1, 0.15) is 0 Å². The third-order valence-corrected chi connectivity index (χ3v) is 7.08. The van der Waals surface area contributed by atoms with E-state index in [1.807, 2.05) is 132 Å². The Labute approximate surface area is 281 Å². The van der Waals surface area contributed by atoms with Crippen LogP contribution in [0, 0.1) is 0 Å². The fraction of sp³-hybridized carbons (Fsp3) is 0. The van der Waals surface area contributed by atoms with Gasteiger partial charge < -0.3 is 24.9 Å². The molecule has 0 aliphatic heterocycles. The molecule has 3 aromatic carbocycles. The first-order chi connectivity index (χ1) is 22.3. The summed E-state index contributed by atoms with van der Waals surface area (Å²) in [4.78, 5) is 30.3. The van der Waals surface area contributed by atoms with Crippen molar-refractivity contribution in [3.63, 3.8) is 0 Å². The van der Waals surface area contributed by atoms with Crippen LogP contribution in [0.5, 0.6) is 0 Å². The number of rotatable bonds is 7. The molecule has 0 amide bonds. The molecule has 7 aromatic rings. The molecule has 7 nitrogen and oxygen atoms in total. The predicted molar refractivity (Wildman–Crippen MR) is 178 cm³/mol. The van der Waals surface area contributed by atoms with Gasteiger partial charge in [0.1, 0.15) is 0 Å². The largest absolute Gasteiger partial charge is 2.00 e. The molecule has 46 heavy (non-hydrogen) atoms. The van der Waals surface area contributed by atoms with Crippen LogP contribution in [0.25, 0.3) is 22.3 Å². The van der Waals surface area contributed by atoms with E-state index < -0.39 is 0 Å². The predicted octanol–water partition coefficient (Wildman–Crippen LogP) is 7.66. The summed E-state index contributed by atoms with van der Waals surface area (Å²) in [5.41, 5.74) is 6.31. The number of para-hydroxylation sites is 1. The van der Waals surface area contributed by atoms with E-state index in [0.29, 0.717) is 34.2 Å². The van der Waals surface area contributed by atoms with Gasteiger partial charge in [0.2, 0.25) is 0 Å². The Balaban J connectivity index is 0.00000372. The minimum absolute atomic E-state index is 0. The zero-order valence-electron chi connectivity index (χ0n) is 24.5. The molecule has 0 spiro atoms. The SMILES string of the molecule is [Pt+2].c1ccc(-c2ccnc(N=c3cccc(N(c4ccccc4)c4cccc(N=c5cc(-c6ccccc6)cc[n-]5)n4)[n-]3)c2)cc1. The molecule has 0 saturated heterocycles. The van der Waals surface area contributed by atoms with Crippen LogP contribution in [0.3, 0.4) is 0 Å². The van der Waals surface area contributed by atoms with Crippen molar-refractivity contribution >= 4 is 29.0 Å². The molecule has 0 aliphatic carbocycles. The van der Waals surface area contributed by atoms with Crippen molar-refractivity contribution in [1.29, 1.82) is 0 Å². The Morgan fingerprint density at radius 3 is 1.91 bits per heavy atom. The molecule has 0 aliphatic rings. The Kier molecular flexibility index (Phi) is 9.52. The topological polar surface area (TPSA) is 81.9 Å². The Morgan fingerprint density at radius 2 is 1.17 bits per heavy atom. The third kappa shape index (κ3) is 7.17. The Hall–Kier alpha value is -5.65. The first-order valence-corrected chi connectivity index (χ1v) is 14.5. The average molecular weight is 777 g/mol. The standard InChI is InChI=1S/C38H27N7.Pt/c1-4-12-28(13-5-1)30-22-24-39-35(26-30)41-33-18-10-20-37(43-33)45(32-16-8-3-9-17-32)38-21-11-19-34(44-38)42-36-27-31(23-25-40-36)29-14-6-2-7-15-29;/h1-27H;/q-2;+2. The van der Waals surface area contributed by atoms with Crippen molar-refractivity contribution in [3.8, 4) is 22.3 Å². The first-order valence-electron chi connectivity index (χ1n) is 14.5. The van der Waals surface area contributed by atoms with Gasteiger partial charge in [0, 0.05) is 17.5 Å². The van der Waals surface area contributed by atoms with E-state index in [-0.39, 0.29) is 21.1 Å². The van der Waals surface area contributed by atoms with Crippen LogP contribution < -0.4 is 25.8 Å². The number of aromatic nitrogens is 4. The molecule has 0 N–H and O–H groups in total. The molecule has 4 heterocycles. The van der Waals surface area contributed by atoms with Crippen molar-refractivity contribution in [1.82, 2.24) is 19.9 Å². The van der Waals surface area contributed by atoms with Crippen molar-refractivity contribution in [2.45, 2.75) is 0 Å². The molecule has 0 atom stereocenters. The van der Waals surface area contributed by atoms with Crippen molar-refractivity contribution in [2.75, 3.05) is 4.90 Å². The van der Waals surface area contributed by atoms with Crippen LogP contribution in [0.4, 0.5) is 29.0 Å². The Morgan fingerprint density at radius 1 is 0.522 bits per heavy atom. The zero-order chi connectivity index (χ0) is 30.3. The van der Waals surface area contributed by atoms with Crippen molar-refractivity contribution < 1.29 is 21.1 Å². The number of nitrogens with zero attached hydrogens (tertiary/aromatic N) is 7. The fourth-order valence-corrected chi connectivity index (χ4v) is 4.97. The average Bonchev–Trinajstić information content (AvgIpc) is 3.10. The number of pyridine rings is 4. The van der Waals surface area contributed by atoms with E-state index >= 15 is 0 Å². The van der Waals surface area contributed by atoms with Gasteiger partial charge in [-0.25, -0.2) is 0 Å². The van der Waals surface area contributed by atoms with Crippen LogP contribution in [-0.4, -0.2) is 9.97 Å². The summed E-state index contributed by atoms with van der Waals surface area (Å²) in [6.07, 6.45) is 3.54. The maximum absolute atomic E-state index is 4.92. The number of hydrogen-bond donors (Lipinski definition) is 0. The summed E-state index contributed by atoms with van der Waals surface area (Å²) in [6, 6.07) is 49.7. The summed E-state index contributed by atoms with van der Waals surface area (Å²) >= 11 is 0.